The van der Waals surface area contributed by atoms with Crippen LogP contribution in [0.25, 0.3) is 0 Å². The van der Waals surface area contributed by atoms with Gasteiger partial charge in [-0.15, -0.1) is 23.4 Å². The van der Waals surface area contributed by atoms with Gasteiger partial charge in [0.15, 0.2) is 0 Å². The van der Waals surface area contributed by atoms with Crippen molar-refractivity contribution >= 4 is 23.4 Å². The number of halogens is 1. The van der Waals surface area contributed by atoms with E-state index in [2.05, 4.69) is 37.3 Å². The summed E-state index contributed by atoms with van der Waals surface area (Å²) in [4.78, 5) is 1.39. The van der Waals surface area contributed by atoms with E-state index in [1.165, 1.54) is 62.0 Å². The Morgan fingerprint density at radius 1 is 1.19 bits per heavy atom. The molecule has 0 aromatic heterocycles. The SMILES string of the molecule is CCCCC1CCC(CCl)(CCSc2ccccc2)CC1. The molecule has 1 aromatic rings. The van der Waals surface area contributed by atoms with Gasteiger partial charge in [0.1, 0.15) is 0 Å². The van der Waals surface area contributed by atoms with Crippen LogP contribution in [-0.2, 0) is 0 Å². The van der Waals surface area contributed by atoms with Crippen molar-refractivity contribution in [1.82, 2.24) is 0 Å². The molecule has 0 aliphatic heterocycles. The van der Waals surface area contributed by atoms with Gasteiger partial charge >= 0.3 is 0 Å². The van der Waals surface area contributed by atoms with Gasteiger partial charge in [0, 0.05) is 10.8 Å². The Bertz CT molecular complexity index is 382. The molecule has 1 aromatic carbocycles. The van der Waals surface area contributed by atoms with E-state index in [4.69, 9.17) is 11.6 Å². The molecule has 118 valence electrons. The van der Waals surface area contributed by atoms with Gasteiger partial charge in [0.25, 0.3) is 0 Å². The lowest BCUT2D eigenvalue weighted by Crippen LogP contribution is -2.30. The molecule has 21 heavy (non-hydrogen) atoms. The van der Waals surface area contributed by atoms with E-state index in [0.717, 1.165) is 11.8 Å². The van der Waals surface area contributed by atoms with E-state index >= 15 is 0 Å². The third-order valence-electron chi connectivity index (χ3n) is 5.06. The molecule has 1 aliphatic rings. The molecule has 1 aliphatic carbocycles. The molecule has 0 nitrogen and oxygen atoms in total. The predicted octanol–water partition coefficient (Wildman–Crippen LogP) is 6.77. The number of alkyl halides is 1. The third-order valence-corrected chi connectivity index (χ3v) is 6.64. The van der Waals surface area contributed by atoms with Crippen LogP contribution < -0.4 is 0 Å². The van der Waals surface area contributed by atoms with Crippen molar-refractivity contribution in [1.29, 1.82) is 0 Å². The molecule has 0 N–H and O–H groups in total. The first-order chi connectivity index (χ1) is 10.3. The molecule has 0 saturated heterocycles. The largest absolute Gasteiger partial charge is 0.126 e. The van der Waals surface area contributed by atoms with Crippen LogP contribution >= 0.6 is 23.4 Å². The van der Waals surface area contributed by atoms with E-state index in [9.17, 15) is 0 Å². The first-order valence-electron chi connectivity index (χ1n) is 8.52. The number of thioether (sulfide) groups is 1. The zero-order chi connectivity index (χ0) is 15.0. The van der Waals surface area contributed by atoms with Crippen molar-refractivity contribution in [3.05, 3.63) is 30.3 Å². The molecule has 0 radical (unpaired) electrons. The highest BCUT2D eigenvalue weighted by atomic mass is 35.5. The van der Waals surface area contributed by atoms with Gasteiger partial charge in [-0.2, -0.15) is 0 Å². The van der Waals surface area contributed by atoms with Gasteiger partial charge in [0.2, 0.25) is 0 Å². The summed E-state index contributed by atoms with van der Waals surface area (Å²) in [5.41, 5.74) is 0.423. The van der Waals surface area contributed by atoms with Crippen molar-refractivity contribution in [3.63, 3.8) is 0 Å². The zero-order valence-corrected chi connectivity index (χ0v) is 14.9. The van der Waals surface area contributed by atoms with Crippen molar-refractivity contribution in [2.24, 2.45) is 11.3 Å². The Morgan fingerprint density at radius 2 is 1.90 bits per heavy atom. The van der Waals surface area contributed by atoms with Crippen LogP contribution in [0.5, 0.6) is 0 Å². The maximum atomic E-state index is 6.36. The minimum Gasteiger partial charge on any atom is -0.126 e. The molecular formula is C19H29ClS. The average molecular weight is 325 g/mol. The maximum Gasteiger partial charge on any atom is 0.0280 e. The van der Waals surface area contributed by atoms with E-state index in [1.807, 2.05) is 11.8 Å². The minimum atomic E-state index is 0.423. The van der Waals surface area contributed by atoms with Crippen LogP contribution in [0.4, 0.5) is 0 Å². The maximum absolute atomic E-state index is 6.36. The Balaban J connectivity index is 1.75. The monoisotopic (exact) mass is 324 g/mol. The molecule has 2 heteroatoms. The second-order valence-corrected chi connectivity index (χ2v) is 8.07. The van der Waals surface area contributed by atoms with Gasteiger partial charge in [-0.25, -0.2) is 0 Å². The van der Waals surface area contributed by atoms with Crippen molar-refractivity contribution < 1.29 is 0 Å². The highest BCUT2D eigenvalue weighted by Crippen LogP contribution is 2.44. The van der Waals surface area contributed by atoms with E-state index < -0.39 is 0 Å². The second-order valence-electron chi connectivity index (χ2n) is 6.63. The van der Waals surface area contributed by atoms with Crippen LogP contribution in [0, 0.1) is 11.3 Å². The Hall–Kier alpha value is -0.140. The Kier molecular flexibility index (Phi) is 7.46. The summed E-state index contributed by atoms with van der Waals surface area (Å²) in [6.45, 7) is 2.30. The van der Waals surface area contributed by atoms with Gasteiger partial charge in [-0.3, -0.25) is 0 Å². The predicted molar refractivity (Wildman–Crippen MR) is 96.4 cm³/mol. The molecular weight excluding hydrogens is 296 g/mol. The average Bonchev–Trinajstić information content (AvgIpc) is 2.55. The van der Waals surface area contributed by atoms with Crippen LogP contribution in [0.1, 0.15) is 58.3 Å². The van der Waals surface area contributed by atoms with Crippen molar-refractivity contribution in [2.45, 2.75) is 63.2 Å². The molecule has 1 saturated carbocycles. The summed E-state index contributed by atoms with van der Waals surface area (Å²) < 4.78 is 0. The summed E-state index contributed by atoms with van der Waals surface area (Å²) in [6.07, 6.45) is 11.0. The van der Waals surface area contributed by atoms with E-state index in [-0.39, 0.29) is 0 Å². The van der Waals surface area contributed by atoms with Crippen LogP contribution in [0.2, 0.25) is 0 Å². The van der Waals surface area contributed by atoms with E-state index in [1.54, 1.807) is 0 Å². The topological polar surface area (TPSA) is 0 Å². The fraction of sp³-hybridized carbons (Fsp3) is 0.684. The number of benzene rings is 1. The molecule has 0 amide bonds. The van der Waals surface area contributed by atoms with Gasteiger partial charge in [-0.05, 0) is 61.3 Å². The molecule has 0 bridgehead atoms. The molecule has 0 unspecified atom stereocenters. The molecule has 1 fully saturated rings. The van der Waals surface area contributed by atoms with Gasteiger partial charge in [-0.1, -0.05) is 44.4 Å². The smallest absolute Gasteiger partial charge is 0.0280 e. The molecule has 0 atom stereocenters. The lowest BCUT2D eigenvalue weighted by Gasteiger charge is -2.39. The first-order valence-corrected chi connectivity index (χ1v) is 10.0. The number of rotatable bonds is 8. The second kappa shape index (κ2) is 9.10. The molecule has 0 spiro atoms. The number of hydrogen-bond donors (Lipinski definition) is 0. The summed E-state index contributed by atoms with van der Waals surface area (Å²) in [6, 6.07) is 10.7. The van der Waals surface area contributed by atoms with Gasteiger partial charge < -0.3 is 0 Å². The first kappa shape index (κ1) is 17.2. The summed E-state index contributed by atoms with van der Waals surface area (Å²) >= 11 is 8.35. The van der Waals surface area contributed by atoms with Crippen LogP contribution in [0.3, 0.4) is 0 Å². The lowest BCUT2D eigenvalue weighted by atomic mass is 9.69. The summed E-state index contributed by atoms with van der Waals surface area (Å²) in [5.74, 6) is 3.03. The lowest BCUT2D eigenvalue weighted by molar-refractivity contribution is 0.162. The Morgan fingerprint density at radius 3 is 2.52 bits per heavy atom. The number of unbranched alkanes of at least 4 members (excludes halogenated alkanes) is 1. The minimum absolute atomic E-state index is 0.423. The van der Waals surface area contributed by atoms with Crippen LogP contribution in [0.15, 0.2) is 35.2 Å². The van der Waals surface area contributed by atoms with E-state index in [0.29, 0.717) is 5.41 Å². The Labute approximate surface area is 140 Å². The molecule has 0 heterocycles. The summed E-state index contributed by atoms with van der Waals surface area (Å²) in [7, 11) is 0. The van der Waals surface area contributed by atoms with Crippen molar-refractivity contribution in [3.8, 4) is 0 Å². The van der Waals surface area contributed by atoms with Crippen molar-refractivity contribution in [2.75, 3.05) is 11.6 Å². The quantitative estimate of drug-likeness (QED) is 0.375. The third kappa shape index (κ3) is 5.53. The fourth-order valence-corrected chi connectivity index (χ4v) is 4.95. The zero-order valence-electron chi connectivity index (χ0n) is 13.3. The van der Waals surface area contributed by atoms with Crippen LogP contribution in [-0.4, -0.2) is 11.6 Å². The number of hydrogen-bond acceptors (Lipinski definition) is 1. The normalized spacial score (nSPS) is 25.9. The fourth-order valence-electron chi connectivity index (χ4n) is 3.42. The van der Waals surface area contributed by atoms with Gasteiger partial charge in [0.05, 0.1) is 0 Å². The summed E-state index contributed by atoms with van der Waals surface area (Å²) in [5, 5.41) is 0. The molecule has 2 rings (SSSR count). The highest BCUT2D eigenvalue weighted by Gasteiger charge is 2.33. The standard InChI is InChI=1S/C19H29ClS/c1-2-3-7-17-10-12-19(16-20,13-11-17)14-15-21-18-8-5-4-6-9-18/h4-6,8-9,17H,2-3,7,10-16H2,1H3. The highest BCUT2D eigenvalue weighted by molar-refractivity contribution is 7.99.